The third-order valence-corrected chi connectivity index (χ3v) is 7.08. The summed E-state index contributed by atoms with van der Waals surface area (Å²) in [4.78, 5) is 16.8. The predicted molar refractivity (Wildman–Crippen MR) is 95.7 cm³/mol. The van der Waals surface area contributed by atoms with Crippen LogP contribution in [0, 0.1) is 5.92 Å². The Morgan fingerprint density at radius 1 is 1.08 bits per heavy atom. The lowest BCUT2D eigenvalue weighted by atomic mass is 10.0. The Balaban J connectivity index is 1.62. The van der Waals surface area contributed by atoms with Gasteiger partial charge in [0.1, 0.15) is 0 Å². The van der Waals surface area contributed by atoms with Crippen LogP contribution in [0.4, 0.5) is 0 Å². The lowest BCUT2D eigenvalue weighted by Gasteiger charge is -2.39. The Hall–Kier alpha value is -0.700. The van der Waals surface area contributed by atoms with Crippen LogP contribution < -0.4 is 0 Å². The molecule has 1 atom stereocenters. The van der Waals surface area contributed by atoms with E-state index in [1.165, 1.54) is 10.6 Å². The second-order valence-corrected chi connectivity index (χ2v) is 9.76. The number of hydrogen-bond acceptors (Lipinski definition) is 5. The number of likely N-dealkylation sites (N-methyl/N-ethyl adjacent to an activating group) is 1. The van der Waals surface area contributed by atoms with Gasteiger partial charge in [-0.1, -0.05) is 0 Å². The minimum Gasteiger partial charge on any atom is -0.381 e. The predicted octanol–water partition coefficient (Wildman–Crippen LogP) is 0.370. The number of hydrogen-bond donors (Lipinski definition) is 0. The average Bonchev–Trinajstić information content (AvgIpc) is 3.32. The Morgan fingerprint density at radius 2 is 1.76 bits per heavy atom. The molecular formula is C17H31N3O4S. The lowest BCUT2D eigenvalue weighted by molar-refractivity contribution is -0.131. The molecular weight excluding hydrogens is 342 g/mol. The van der Waals surface area contributed by atoms with Gasteiger partial charge in [0.15, 0.2) is 0 Å². The van der Waals surface area contributed by atoms with E-state index in [4.69, 9.17) is 4.74 Å². The zero-order valence-corrected chi connectivity index (χ0v) is 16.2. The molecule has 0 N–H and O–H groups in total. The highest BCUT2D eigenvalue weighted by Crippen LogP contribution is 2.33. The molecule has 1 amide bonds. The molecule has 1 aliphatic carbocycles. The van der Waals surface area contributed by atoms with Crippen LogP contribution in [0.3, 0.4) is 0 Å². The highest BCUT2D eigenvalue weighted by Gasteiger charge is 2.39. The molecule has 144 valence electrons. The summed E-state index contributed by atoms with van der Waals surface area (Å²) >= 11 is 0. The monoisotopic (exact) mass is 373 g/mol. The maximum Gasteiger partial charge on any atom is 0.225 e. The number of carbonyl (C=O) groups excluding carboxylic acids is 1. The van der Waals surface area contributed by atoms with E-state index in [1.54, 1.807) is 7.05 Å². The smallest absolute Gasteiger partial charge is 0.225 e. The Labute approximate surface area is 151 Å². The third kappa shape index (κ3) is 4.93. The summed E-state index contributed by atoms with van der Waals surface area (Å²) in [7, 11) is -1.53. The second kappa shape index (κ2) is 7.90. The van der Waals surface area contributed by atoms with Gasteiger partial charge in [-0.25, -0.2) is 12.7 Å². The topological polar surface area (TPSA) is 70.2 Å². The van der Waals surface area contributed by atoms with Crippen molar-refractivity contribution < 1.29 is 17.9 Å². The fourth-order valence-corrected chi connectivity index (χ4v) is 4.32. The molecule has 2 aliphatic heterocycles. The van der Waals surface area contributed by atoms with Crippen LogP contribution in [0.25, 0.3) is 0 Å². The summed E-state index contributed by atoms with van der Waals surface area (Å²) in [6.07, 6.45) is 6.28. The van der Waals surface area contributed by atoms with E-state index in [2.05, 4.69) is 4.90 Å². The molecule has 2 heterocycles. The molecule has 0 spiro atoms. The van der Waals surface area contributed by atoms with Crippen molar-refractivity contribution in [1.29, 1.82) is 0 Å². The largest absolute Gasteiger partial charge is 0.381 e. The first-order valence-electron chi connectivity index (χ1n) is 9.40. The van der Waals surface area contributed by atoms with Crippen LogP contribution in [0.2, 0.25) is 0 Å². The second-order valence-electron chi connectivity index (χ2n) is 7.67. The Morgan fingerprint density at radius 3 is 2.36 bits per heavy atom. The average molecular weight is 374 g/mol. The van der Waals surface area contributed by atoms with Crippen molar-refractivity contribution in [1.82, 2.24) is 14.1 Å². The Bertz CT molecular complexity index is 572. The normalized spacial score (nSPS) is 25.9. The summed E-state index contributed by atoms with van der Waals surface area (Å²) in [6.45, 7) is 4.35. The van der Waals surface area contributed by atoms with Gasteiger partial charge in [-0.15, -0.1) is 0 Å². The fourth-order valence-electron chi connectivity index (χ4n) is 3.90. The summed E-state index contributed by atoms with van der Waals surface area (Å²) in [6, 6.07) is 0.751. The number of ether oxygens (including phenoxy) is 1. The van der Waals surface area contributed by atoms with E-state index in [1.807, 2.05) is 4.90 Å². The van der Waals surface area contributed by atoms with Gasteiger partial charge in [0, 0.05) is 64.4 Å². The minimum absolute atomic E-state index is 0.270. The quantitative estimate of drug-likeness (QED) is 0.645. The summed E-state index contributed by atoms with van der Waals surface area (Å²) in [5.41, 5.74) is 0. The summed E-state index contributed by atoms with van der Waals surface area (Å²) in [5, 5.41) is 0. The van der Waals surface area contributed by atoms with Crippen LogP contribution in [-0.4, -0.2) is 93.2 Å². The molecule has 25 heavy (non-hydrogen) atoms. The van der Waals surface area contributed by atoms with Crippen LogP contribution >= 0.6 is 0 Å². The first-order valence-corrected chi connectivity index (χ1v) is 11.2. The molecule has 3 aliphatic rings. The molecule has 3 rings (SSSR count). The first kappa shape index (κ1) is 19.1. The van der Waals surface area contributed by atoms with Gasteiger partial charge in [-0.2, -0.15) is 0 Å². The number of carbonyl (C=O) groups is 1. The van der Waals surface area contributed by atoms with Gasteiger partial charge in [0.25, 0.3) is 0 Å². The van der Waals surface area contributed by atoms with Crippen molar-refractivity contribution >= 4 is 15.9 Å². The highest BCUT2D eigenvalue weighted by molar-refractivity contribution is 7.88. The number of amides is 1. The van der Waals surface area contributed by atoms with E-state index in [0.29, 0.717) is 31.1 Å². The van der Waals surface area contributed by atoms with Crippen molar-refractivity contribution in [2.45, 2.75) is 44.2 Å². The molecule has 8 heteroatoms. The number of rotatable bonds is 7. The lowest BCUT2D eigenvalue weighted by Crippen LogP contribution is -2.50. The van der Waals surface area contributed by atoms with Crippen LogP contribution in [0.1, 0.15) is 32.1 Å². The van der Waals surface area contributed by atoms with Crippen LogP contribution in [0.15, 0.2) is 0 Å². The fraction of sp³-hybridized carbons (Fsp3) is 0.941. The molecule has 3 fully saturated rings. The molecule has 0 radical (unpaired) electrons. The number of nitrogens with zero attached hydrogens (tertiary/aromatic N) is 3. The van der Waals surface area contributed by atoms with E-state index in [9.17, 15) is 13.2 Å². The van der Waals surface area contributed by atoms with Gasteiger partial charge in [-0.3, -0.25) is 9.69 Å². The van der Waals surface area contributed by atoms with Crippen molar-refractivity contribution in [3.05, 3.63) is 0 Å². The molecule has 0 aromatic carbocycles. The standard InChI is InChI=1S/C17H31N3O4S/c1-18(25(2,22)23)9-10-20(15-6-11-24-12-7-15)16-5-8-19(13-16)17(21)14-3-4-14/h14-16H,3-13H2,1-2H3. The summed E-state index contributed by atoms with van der Waals surface area (Å²) in [5.74, 6) is 0.592. The third-order valence-electron chi connectivity index (χ3n) is 5.77. The molecule has 2 saturated heterocycles. The molecule has 0 aromatic heterocycles. The van der Waals surface area contributed by atoms with Gasteiger partial charge in [0.2, 0.25) is 15.9 Å². The number of likely N-dealkylation sites (tertiary alicyclic amines) is 1. The molecule has 1 unspecified atom stereocenters. The number of sulfonamides is 1. The van der Waals surface area contributed by atoms with Crippen molar-refractivity contribution in [2.24, 2.45) is 5.92 Å². The van der Waals surface area contributed by atoms with Gasteiger partial charge in [0.05, 0.1) is 6.26 Å². The van der Waals surface area contributed by atoms with Crippen molar-refractivity contribution in [2.75, 3.05) is 52.7 Å². The maximum atomic E-state index is 12.3. The molecule has 0 bridgehead atoms. The van der Waals surface area contributed by atoms with Gasteiger partial charge >= 0.3 is 0 Å². The van der Waals surface area contributed by atoms with E-state index in [0.717, 1.165) is 58.4 Å². The zero-order chi connectivity index (χ0) is 18.0. The minimum atomic E-state index is -3.16. The Kier molecular flexibility index (Phi) is 6.03. The first-order chi connectivity index (χ1) is 11.9. The van der Waals surface area contributed by atoms with E-state index < -0.39 is 10.0 Å². The van der Waals surface area contributed by atoms with E-state index in [-0.39, 0.29) is 5.92 Å². The van der Waals surface area contributed by atoms with Gasteiger partial charge < -0.3 is 9.64 Å². The van der Waals surface area contributed by atoms with Crippen molar-refractivity contribution in [3.63, 3.8) is 0 Å². The van der Waals surface area contributed by atoms with Crippen LogP contribution in [0.5, 0.6) is 0 Å². The molecule has 7 nitrogen and oxygen atoms in total. The van der Waals surface area contributed by atoms with Crippen molar-refractivity contribution in [3.8, 4) is 0 Å². The summed E-state index contributed by atoms with van der Waals surface area (Å²) < 4.78 is 30.3. The van der Waals surface area contributed by atoms with Crippen LogP contribution in [-0.2, 0) is 19.6 Å². The SMILES string of the molecule is CN(CCN(C1CCOCC1)C1CCN(C(=O)C2CC2)C1)S(C)(=O)=O. The maximum absolute atomic E-state index is 12.3. The zero-order valence-electron chi connectivity index (χ0n) is 15.4. The highest BCUT2D eigenvalue weighted by atomic mass is 32.2. The molecule has 0 aromatic rings. The van der Waals surface area contributed by atoms with Gasteiger partial charge in [-0.05, 0) is 32.1 Å². The molecule has 1 saturated carbocycles. The van der Waals surface area contributed by atoms with E-state index >= 15 is 0 Å².